The van der Waals surface area contributed by atoms with Crippen molar-refractivity contribution in [3.05, 3.63) is 23.3 Å². The van der Waals surface area contributed by atoms with Crippen LogP contribution in [-0.4, -0.2) is 75.2 Å². The number of likely N-dealkylation sites (tertiary alicyclic amines) is 2. The Kier molecular flexibility index (Phi) is 5.12. The molecule has 2 saturated heterocycles. The second-order valence-corrected chi connectivity index (χ2v) is 8.08. The first kappa shape index (κ1) is 18.3. The Hall–Kier alpha value is -2.02. The number of hydrogen-bond acceptors (Lipinski definition) is 5. The van der Waals surface area contributed by atoms with Crippen LogP contribution in [0.15, 0.2) is 6.20 Å². The Morgan fingerprint density at radius 2 is 1.93 bits per heavy atom. The third-order valence-electron chi connectivity index (χ3n) is 6.31. The lowest BCUT2D eigenvalue weighted by molar-refractivity contribution is -0.135. The first-order chi connectivity index (χ1) is 13.0. The van der Waals surface area contributed by atoms with E-state index in [1.54, 1.807) is 6.92 Å². The highest BCUT2D eigenvalue weighted by Gasteiger charge is 2.34. The number of nitrogens with zero attached hydrogens (tertiary/aromatic N) is 5. The molecule has 3 aliphatic heterocycles. The average molecular weight is 371 g/mol. The number of carbonyl (C=O) groups excluding carboxylic acids is 2. The monoisotopic (exact) mass is 371 g/mol. The number of rotatable bonds is 3. The van der Waals surface area contributed by atoms with Gasteiger partial charge in [-0.25, -0.2) is 9.97 Å². The summed E-state index contributed by atoms with van der Waals surface area (Å²) < 4.78 is 0. The van der Waals surface area contributed by atoms with Crippen LogP contribution in [0.4, 0.5) is 0 Å². The highest BCUT2D eigenvalue weighted by atomic mass is 16.2. The van der Waals surface area contributed by atoms with Crippen molar-refractivity contribution in [2.24, 2.45) is 0 Å². The molecule has 3 aliphatic rings. The van der Waals surface area contributed by atoms with Crippen LogP contribution in [-0.2, 0) is 22.6 Å². The molecule has 2 fully saturated rings. The summed E-state index contributed by atoms with van der Waals surface area (Å²) in [5.41, 5.74) is 2.11. The van der Waals surface area contributed by atoms with Crippen LogP contribution in [0.3, 0.4) is 0 Å². The van der Waals surface area contributed by atoms with Crippen LogP contribution in [0.5, 0.6) is 0 Å². The number of carbonyl (C=O) groups is 2. The van der Waals surface area contributed by atoms with Crippen LogP contribution < -0.4 is 0 Å². The van der Waals surface area contributed by atoms with E-state index in [1.165, 1.54) is 12.8 Å². The van der Waals surface area contributed by atoms with E-state index in [4.69, 9.17) is 4.98 Å². The van der Waals surface area contributed by atoms with Gasteiger partial charge in [0.1, 0.15) is 5.82 Å². The molecule has 1 aromatic heterocycles. The number of aromatic nitrogens is 2. The molecule has 2 amide bonds. The fraction of sp³-hybridized carbons (Fsp3) is 0.700. The lowest BCUT2D eigenvalue weighted by Crippen LogP contribution is -2.45. The molecule has 0 saturated carbocycles. The van der Waals surface area contributed by atoms with Gasteiger partial charge in [0, 0.05) is 57.2 Å². The summed E-state index contributed by atoms with van der Waals surface area (Å²) in [6.07, 6.45) is 5.99. The number of fused-ring (bicyclic) bond motifs is 1. The van der Waals surface area contributed by atoms with Crippen LogP contribution >= 0.6 is 0 Å². The molecule has 2 atom stereocenters. The van der Waals surface area contributed by atoms with Crippen molar-refractivity contribution in [1.29, 1.82) is 0 Å². The van der Waals surface area contributed by atoms with Crippen LogP contribution in [0.25, 0.3) is 0 Å². The molecular formula is C20H29N5O2. The van der Waals surface area contributed by atoms with Gasteiger partial charge < -0.3 is 9.80 Å². The lowest BCUT2D eigenvalue weighted by atomic mass is 10.0. The normalized spacial score (nSPS) is 24.1. The molecule has 4 rings (SSSR count). The maximum absolute atomic E-state index is 12.8. The molecule has 0 radical (unpaired) electrons. The van der Waals surface area contributed by atoms with E-state index in [2.05, 4.69) is 9.88 Å². The largest absolute Gasteiger partial charge is 0.341 e. The third kappa shape index (κ3) is 3.70. The second-order valence-electron chi connectivity index (χ2n) is 8.08. The van der Waals surface area contributed by atoms with Crippen LogP contribution in [0, 0.1) is 0 Å². The molecule has 0 N–H and O–H groups in total. The Labute approximate surface area is 160 Å². The molecule has 4 heterocycles. The molecular weight excluding hydrogens is 342 g/mol. The highest BCUT2D eigenvalue weighted by molar-refractivity contribution is 5.81. The van der Waals surface area contributed by atoms with Crippen molar-refractivity contribution in [3.63, 3.8) is 0 Å². The van der Waals surface area contributed by atoms with Gasteiger partial charge >= 0.3 is 0 Å². The molecule has 0 unspecified atom stereocenters. The first-order valence-electron chi connectivity index (χ1n) is 10.2. The molecule has 1 aromatic rings. The van der Waals surface area contributed by atoms with Gasteiger partial charge in [-0.2, -0.15) is 0 Å². The summed E-state index contributed by atoms with van der Waals surface area (Å²) in [6, 6.07) is -0.0201. The molecule has 27 heavy (non-hydrogen) atoms. The first-order valence-corrected chi connectivity index (χ1v) is 10.2. The van der Waals surface area contributed by atoms with Crippen molar-refractivity contribution in [1.82, 2.24) is 24.7 Å². The van der Waals surface area contributed by atoms with Gasteiger partial charge in [0.2, 0.25) is 11.8 Å². The Bertz CT molecular complexity index is 731. The molecule has 0 aromatic carbocycles. The third-order valence-corrected chi connectivity index (χ3v) is 6.31. The zero-order valence-corrected chi connectivity index (χ0v) is 16.4. The molecule has 0 bridgehead atoms. The molecule has 0 spiro atoms. The van der Waals surface area contributed by atoms with Gasteiger partial charge in [-0.1, -0.05) is 0 Å². The number of hydrogen-bond donors (Lipinski definition) is 0. The van der Waals surface area contributed by atoms with Gasteiger partial charge in [0.15, 0.2) is 0 Å². The van der Waals surface area contributed by atoms with Crippen molar-refractivity contribution in [2.75, 3.05) is 32.7 Å². The predicted octanol–water partition coefficient (Wildman–Crippen LogP) is 1.18. The molecule has 0 aliphatic carbocycles. The van der Waals surface area contributed by atoms with E-state index in [0.29, 0.717) is 6.54 Å². The van der Waals surface area contributed by atoms with Crippen molar-refractivity contribution in [2.45, 2.75) is 58.0 Å². The SMILES string of the molecule is CC(=O)N1CCc2nc([C@@H]3CCN(C(=O)[C@H](C)N4CCCC4)C3)ncc2C1. The maximum atomic E-state index is 12.8. The van der Waals surface area contributed by atoms with Crippen molar-refractivity contribution >= 4 is 11.8 Å². The molecule has 146 valence electrons. The summed E-state index contributed by atoms with van der Waals surface area (Å²) in [4.78, 5) is 39.9. The topological polar surface area (TPSA) is 69.6 Å². The van der Waals surface area contributed by atoms with E-state index >= 15 is 0 Å². The Morgan fingerprint density at radius 1 is 1.15 bits per heavy atom. The summed E-state index contributed by atoms with van der Waals surface area (Å²) in [5.74, 6) is 1.42. The quantitative estimate of drug-likeness (QED) is 0.798. The fourth-order valence-corrected chi connectivity index (χ4v) is 4.52. The van der Waals surface area contributed by atoms with Gasteiger partial charge in [-0.3, -0.25) is 14.5 Å². The highest BCUT2D eigenvalue weighted by Crippen LogP contribution is 2.27. The van der Waals surface area contributed by atoms with Gasteiger partial charge in [-0.05, 0) is 39.3 Å². The standard InChI is InChI=1S/C20H29N5O2/c1-14(23-7-3-4-8-23)20(27)25-9-5-16(12-25)19-21-11-17-13-24(15(2)26)10-6-18(17)22-19/h11,14,16H,3-10,12-13H2,1-2H3/t14-,16+/m0/s1. The Morgan fingerprint density at radius 3 is 2.67 bits per heavy atom. The minimum atomic E-state index is -0.0201. The summed E-state index contributed by atoms with van der Waals surface area (Å²) >= 11 is 0. The molecule has 7 heteroatoms. The maximum Gasteiger partial charge on any atom is 0.239 e. The lowest BCUT2D eigenvalue weighted by Gasteiger charge is -2.28. The fourth-order valence-electron chi connectivity index (χ4n) is 4.52. The van der Waals surface area contributed by atoms with E-state index in [9.17, 15) is 9.59 Å². The molecule has 7 nitrogen and oxygen atoms in total. The van der Waals surface area contributed by atoms with Crippen molar-refractivity contribution < 1.29 is 9.59 Å². The van der Waals surface area contributed by atoms with E-state index in [1.807, 2.05) is 22.9 Å². The zero-order chi connectivity index (χ0) is 19.0. The van der Waals surface area contributed by atoms with E-state index in [-0.39, 0.29) is 23.8 Å². The second kappa shape index (κ2) is 7.54. The minimum Gasteiger partial charge on any atom is -0.341 e. The van der Waals surface area contributed by atoms with Gasteiger partial charge in [0.05, 0.1) is 11.7 Å². The smallest absolute Gasteiger partial charge is 0.239 e. The number of amides is 2. The van der Waals surface area contributed by atoms with Crippen LogP contribution in [0.1, 0.15) is 56.1 Å². The average Bonchev–Trinajstić information content (AvgIpc) is 3.38. The van der Waals surface area contributed by atoms with E-state index in [0.717, 1.165) is 62.6 Å². The summed E-state index contributed by atoms with van der Waals surface area (Å²) in [5, 5.41) is 0. The van der Waals surface area contributed by atoms with E-state index < -0.39 is 0 Å². The zero-order valence-electron chi connectivity index (χ0n) is 16.4. The summed E-state index contributed by atoms with van der Waals surface area (Å²) in [7, 11) is 0. The Balaban J connectivity index is 1.40. The van der Waals surface area contributed by atoms with Gasteiger partial charge in [0.25, 0.3) is 0 Å². The predicted molar refractivity (Wildman–Crippen MR) is 101 cm³/mol. The minimum absolute atomic E-state index is 0.0201. The summed E-state index contributed by atoms with van der Waals surface area (Å²) in [6.45, 7) is 8.56. The van der Waals surface area contributed by atoms with Crippen molar-refractivity contribution in [3.8, 4) is 0 Å². The van der Waals surface area contributed by atoms with Gasteiger partial charge in [-0.15, -0.1) is 0 Å². The van der Waals surface area contributed by atoms with Crippen LogP contribution in [0.2, 0.25) is 0 Å².